The van der Waals surface area contributed by atoms with E-state index in [2.05, 4.69) is 12.2 Å². The monoisotopic (exact) mass is 267 g/mol. The van der Waals surface area contributed by atoms with Gasteiger partial charge in [0.25, 0.3) is 0 Å². The van der Waals surface area contributed by atoms with Crippen LogP contribution in [0.2, 0.25) is 0 Å². The van der Waals surface area contributed by atoms with Gasteiger partial charge in [-0.05, 0) is 32.2 Å². The fourth-order valence-corrected chi connectivity index (χ4v) is 3.78. The van der Waals surface area contributed by atoms with Crippen LogP contribution in [0, 0.1) is 0 Å². The molecule has 2 rings (SSSR count). The number of ether oxygens (including phenoxy) is 1. The van der Waals surface area contributed by atoms with E-state index in [0.29, 0.717) is 6.10 Å². The van der Waals surface area contributed by atoms with Gasteiger partial charge in [-0.3, -0.25) is 0 Å². The minimum absolute atomic E-state index is 0.154. The Balaban J connectivity index is 1.94. The third-order valence-electron chi connectivity index (χ3n) is 4.93. The largest absolute Gasteiger partial charge is 0.370 e. The van der Waals surface area contributed by atoms with Gasteiger partial charge in [0.1, 0.15) is 0 Å². The smallest absolute Gasteiger partial charge is 0.0810 e. The zero-order valence-corrected chi connectivity index (χ0v) is 12.9. The Morgan fingerprint density at radius 3 is 2.05 bits per heavy atom. The predicted molar refractivity (Wildman–Crippen MR) is 81.6 cm³/mol. The lowest BCUT2D eigenvalue weighted by Gasteiger charge is -2.37. The van der Waals surface area contributed by atoms with Gasteiger partial charge >= 0.3 is 0 Å². The first-order valence-corrected chi connectivity index (χ1v) is 8.73. The van der Waals surface area contributed by atoms with E-state index in [1.54, 1.807) is 0 Å². The molecule has 0 aromatic rings. The molecule has 112 valence electrons. The topological polar surface area (TPSA) is 21.3 Å². The van der Waals surface area contributed by atoms with Gasteiger partial charge in [-0.1, -0.05) is 58.3 Å². The zero-order chi connectivity index (χ0) is 13.4. The van der Waals surface area contributed by atoms with Crippen molar-refractivity contribution in [2.24, 2.45) is 0 Å². The molecule has 0 aromatic heterocycles. The van der Waals surface area contributed by atoms with E-state index >= 15 is 0 Å². The Bertz CT molecular complexity index is 225. The predicted octanol–water partition coefficient (Wildman–Crippen LogP) is 4.43. The second-order valence-electron chi connectivity index (χ2n) is 6.61. The summed E-state index contributed by atoms with van der Waals surface area (Å²) in [5.41, 5.74) is 0.154. The second-order valence-corrected chi connectivity index (χ2v) is 6.61. The molecule has 2 nitrogen and oxygen atoms in total. The van der Waals surface area contributed by atoms with Crippen molar-refractivity contribution in [1.29, 1.82) is 0 Å². The standard InChI is InChI=1S/C17H33NO/c1-2-18-15-17(13-9-5-6-10-14-17)19-16-11-7-3-4-8-12-16/h16,18H,2-15H2,1H3. The van der Waals surface area contributed by atoms with E-state index in [1.165, 1.54) is 77.0 Å². The maximum atomic E-state index is 6.72. The number of likely N-dealkylation sites (N-methyl/N-ethyl adjacent to an activating group) is 1. The fourth-order valence-electron chi connectivity index (χ4n) is 3.78. The minimum Gasteiger partial charge on any atom is -0.370 e. The van der Waals surface area contributed by atoms with Gasteiger partial charge in [0.15, 0.2) is 0 Å². The lowest BCUT2D eigenvalue weighted by molar-refractivity contribution is -0.105. The first-order chi connectivity index (χ1) is 9.35. The summed E-state index contributed by atoms with van der Waals surface area (Å²) in [5.74, 6) is 0. The Labute approximate surface area is 119 Å². The van der Waals surface area contributed by atoms with Crippen molar-refractivity contribution in [3.63, 3.8) is 0 Å². The maximum absolute atomic E-state index is 6.72. The van der Waals surface area contributed by atoms with Gasteiger partial charge in [-0.25, -0.2) is 0 Å². The molecule has 0 spiro atoms. The van der Waals surface area contributed by atoms with Crippen molar-refractivity contribution in [3.8, 4) is 0 Å². The third-order valence-corrected chi connectivity index (χ3v) is 4.93. The highest BCUT2D eigenvalue weighted by Gasteiger charge is 2.34. The van der Waals surface area contributed by atoms with Gasteiger partial charge in [-0.15, -0.1) is 0 Å². The van der Waals surface area contributed by atoms with Crippen LogP contribution in [0.25, 0.3) is 0 Å². The van der Waals surface area contributed by atoms with Crippen LogP contribution in [-0.4, -0.2) is 24.8 Å². The van der Waals surface area contributed by atoms with E-state index < -0.39 is 0 Å². The summed E-state index contributed by atoms with van der Waals surface area (Å²) in [7, 11) is 0. The maximum Gasteiger partial charge on any atom is 0.0810 e. The second kappa shape index (κ2) is 8.26. The van der Waals surface area contributed by atoms with Crippen LogP contribution in [0.5, 0.6) is 0 Å². The molecule has 0 aliphatic heterocycles. The normalized spacial score (nSPS) is 25.7. The molecule has 2 heteroatoms. The summed E-state index contributed by atoms with van der Waals surface area (Å²) in [4.78, 5) is 0. The van der Waals surface area contributed by atoms with Crippen molar-refractivity contribution in [2.75, 3.05) is 13.1 Å². The van der Waals surface area contributed by atoms with E-state index in [-0.39, 0.29) is 5.60 Å². The average molecular weight is 267 g/mol. The highest BCUT2D eigenvalue weighted by Crippen LogP contribution is 2.34. The number of rotatable bonds is 5. The molecular formula is C17H33NO. The average Bonchev–Trinajstić information content (AvgIpc) is 2.80. The molecule has 2 fully saturated rings. The molecule has 0 radical (unpaired) electrons. The van der Waals surface area contributed by atoms with Crippen molar-refractivity contribution in [1.82, 2.24) is 5.32 Å². The summed E-state index contributed by atoms with van der Waals surface area (Å²) in [6.45, 7) is 4.34. The van der Waals surface area contributed by atoms with Crippen LogP contribution in [0.15, 0.2) is 0 Å². The van der Waals surface area contributed by atoms with Gasteiger partial charge in [0.2, 0.25) is 0 Å². The van der Waals surface area contributed by atoms with Crippen LogP contribution < -0.4 is 5.32 Å². The lowest BCUT2D eigenvalue weighted by Crippen LogP contribution is -2.45. The first-order valence-electron chi connectivity index (χ1n) is 8.73. The Morgan fingerprint density at radius 2 is 1.47 bits per heavy atom. The molecule has 0 atom stereocenters. The lowest BCUT2D eigenvalue weighted by atomic mass is 9.93. The van der Waals surface area contributed by atoms with Crippen LogP contribution >= 0.6 is 0 Å². The van der Waals surface area contributed by atoms with E-state index in [4.69, 9.17) is 4.74 Å². The summed E-state index contributed by atoms with van der Waals surface area (Å²) in [5, 5.41) is 3.57. The summed E-state index contributed by atoms with van der Waals surface area (Å²) < 4.78 is 6.72. The summed E-state index contributed by atoms with van der Waals surface area (Å²) in [6, 6.07) is 0. The van der Waals surface area contributed by atoms with Crippen molar-refractivity contribution in [2.45, 2.75) is 95.7 Å². The van der Waals surface area contributed by atoms with Crippen LogP contribution in [0.1, 0.15) is 84.0 Å². The molecule has 19 heavy (non-hydrogen) atoms. The van der Waals surface area contributed by atoms with Crippen LogP contribution in [0.3, 0.4) is 0 Å². The molecule has 2 aliphatic rings. The molecule has 0 unspecified atom stereocenters. The Morgan fingerprint density at radius 1 is 0.895 bits per heavy atom. The molecule has 1 N–H and O–H groups in total. The molecule has 2 saturated carbocycles. The molecule has 0 bridgehead atoms. The molecule has 0 amide bonds. The SMILES string of the molecule is CCNCC1(OC2CCCCCC2)CCCCCC1. The third kappa shape index (κ3) is 5.07. The van der Waals surface area contributed by atoms with Gasteiger partial charge < -0.3 is 10.1 Å². The van der Waals surface area contributed by atoms with Crippen LogP contribution in [0.4, 0.5) is 0 Å². The van der Waals surface area contributed by atoms with Crippen LogP contribution in [-0.2, 0) is 4.74 Å². The molecule has 0 saturated heterocycles. The number of nitrogens with one attached hydrogen (secondary N) is 1. The molecule has 2 aliphatic carbocycles. The highest BCUT2D eigenvalue weighted by atomic mass is 16.5. The summed E-state index contributed by atoms with van der Waals surface area (Å²) >= 11 is 0. The molecule has 0 aromatic carbocycles. The van der Waals surface area contributed by atoms with E-state index in [0.717, 1.165) is 13.1 Å². The van der Waals surface area contributed by atoms with Gasteiger partial charge in [0.05, 0.1) is 11.7 Å². The zero-order valence-electron chi connectivity index (χ0n) is 12.9. The minimum atomic E-state index is 0.154. The molecular weight excluding hydrogens is 234 g/mol. The van der Waals surface area contributed by atoms with E-state index in [1.807, 2.05) is 0 Å². The molecule has 0 heterocycles. The Kier molecular flexibility index (Phi) is 6.66. The summed E-state index contributed by atoms with van der Waals surface area (Å²) in [6.07, 6.45) is 16.8. The van der Waals surface area contributed by atoms with Crippen molar-refractivity contribution in [3.05, 3.63) is 0 Å². The first kappa shape index (κ1) is 15.3. The fraction of sp³-hybridized carbons (Fsp3) is 1.00. The van der Waals surface area contributed by atoms with Gasteiger partial charge in [-0.2, -0.15) is 0 Å². The van der Waals surface area contributed by atoms with Crippen molar-refractivity contribution >= 4 is 0 Å². The highest BCUT2D eigenvalue weighted by molar-refractivity contribution is 4.87. The number of hydrogen-bond acceptors (Lipinski definition) is 2. The van der Waals surface area contributed by atoms with Crippen molar-refractivity contribution < 1.29 is 4.74 Å². The number of hydrogen-bond donors (Lipinski definition) is 1. The Hall–Kier alpha value is -0.0800. The quantitative estimate of drug-likeness (QED) is 0.744. The van der Waals surface area contributed by atoms with Gasteiger partial charge in [0, 0.05) is 6.54 Å². The van der Waals surface area contributed by atoms with E-state index in [9.17, 15) is 0 Å².